The molecule has 0 amide bonds. The fraction of sp³-hybridized carbons (Fsp3) is 0.118. The molecule has 0 saturated carbocycles. The number of thiazole rings is 1. The normalized spacial score (nSPS) is 11.6. The van der Waals surface area contributed by atoms with Gasteiger partial charge in [0.15, 0.2) is 0 Å². The Morgan fingerprint density at radius 2 is 1.75 bits per heavy atom. The lowest BCUT2D eigenvalue weighted by molar-refractivity contribution is 0.580. The number of hydrogen-bond donors (Lipinski definition) is 1. The van der Waals surface area contributed by atoms with Crippen LogP contribution in [-0.4, -0.2) is 13.4 Å². The smallest absolute Gasteiger partial charge is 0.240 e. The molecule has 1 N–H and O–H groups in total. The molecular weight excluding hydrogens is 347 g/mol. The maximum absolute atomic E-state index is 12.9. The second kappa shape index (κ2) is 6.80. The minimum Gasteiger partial charge on any atom is -0.241 e. The topological polar surface area (TPSA) is 59.1 Å². The van der Waals surface area contributed by atoms with Crippen molar-refractivity contribution in [3.05, 3.63) is 71.0 Å². The van der Waals surface area contributed by atoms with Gasteiger partial charge in [0.05, 0.1) is 10.6 Å². The van der Waals surface area contributed by atoms with E-state index in [0.717, 1.165) is 33.3 Å². The third-order valence-electron chi connectivity index (χ3n) is 3.46. The zero-order chi connectivity index (χ0) is 17.2. The van der Waals surface area contributed by atoms with Gasteiger partial charge in [0.2, 0.25) is 10.0 Å². The van der Waals surface area contributed by atoms with Crippen LogP contribution in [-0.2, 0) is 16.6 Å². The Morgan fingerprint density at radius 3 is 2.42 bits per heavy atom. The zero-order valence-corrected chi connectivity index (χ0v) is 14.5. The van der Waals surface area contributed by atoms with Crippen LogP contribution in [0.1, 0.15) is 10.6 Å². The van der Waals surface area contributed by atoms with E-state index in [9.17, 15) is 12.8 Å². The molecule has 0 saturated heterocycles. The SMILES string of the molecule is Cc1nc(-c2ccccc2)sc1CNS(=O)(=O)c1ccc(F)cc1. The van der Waals surface area contributed by atoms with E-state index in [2.05, 4.69) is 9.71 Å². The van der Waals surface area contributed by atoms with Crippen molar-refractivity contribution in [1.29, 1.82) is 0 Å². The minimum atomic E-state index is -3.69. The molecule has 7 heteroatoms. The molecule has 3 aromatic rings. The number of hydrogen-bond acceptors (Lipinski definition) is 4. The summed E-state index contributed by atoms with van der Waals surface area (Å²) < 4.78 is 40.0. The number of nitrogens with one attached hydrogen (secondary N) is 1. The van der Waals surface area contributed by atoms with E-state index in [1.807, 2.05) is 37.3 Å². The summed E-state index contributed by atoms with van der Waals surface area (Å²) in [6.07, 6.45) is 0. The summed E-state index contributed by atoms with van der Waals surface area (Å²) in [4.78, 5) is 5.38. The highest BCUT2D eigenvalue weighted by atomic mass is 32.2. The fourth-order valence-electron chi connectivity index (χ4n) is 2.15. The zero-order valence-electron chi connectivity index (χ0n) is 12.9. The molecule has 0 unspecified atom stereocenters. The van der Waals surface area contributed by atoms with Gasteiger partial charge in [0.25, 0.3) is 0 Å². The Labute approximate surface area is 144 Å². The average molecular weight is 362 g/mol. The minimum absolute atomic E-state index is 0.0364. The number of benzene rings is 2. The van der Waals surface area contributed by atoms with Crippen molar-refractivity contribution in [3.63, 3.8) is 0 Å². The van der Waals surface area contributed by atoms with Gasteiger partial charge in [-0.25, -0.2) is 22.5 Å². The maximum Gasteiger partial charge on any atom is 0.240 e. The van der Waals surface area contributed by atoms with E-state index in [4.69, 9.17) is 0 Å². The van der Waals surface area contributed by atoms with Crippen molar-refractivity contribution in [1.82, 2.24) is 9.71 Å². The third-order valence-corrected chi connectivity index (χ3v) is 6.08. The van der Waals surface area contributed by atoms with E-state index >= 15 is 0 Å². The number of nitrogens with zero attached hydrogens (tertiary/aromatic N) is 1. The van der Waals surface area contributed by atoms with Crippen molar-refractivity contribution < 1.29 is 12.8 Å². The monoisotopic (exact) mass is 362 g/mol. The lowest BCUT2D eigenvalue weighted by atomic mass is 10.2. The standard InChI is InChI=1S/C17H15FN2O2S2/c1-12-16(23-17(20-12)13-5-3-2-4-6-13)11-19-24(21,22)15-9-7-14(18)8-10-15/h2-10,19H,11H2,1H3. The Morgan fingerprint density at radius 1 is 1.08 bits per heavy atom. The lowest BCUT2D eigenvalue weighted by Crippen LogP contribution is -2.23. The first kappa shape index (κ1) is 16.8. The van der Waals surface area contributed by atoms with Crippen LogP contribution in [0.15, 0.2) is 59.5 Å². The van der Waals surface area contributed by atoms with Crippen molar-refractivity contribution in [2.75, 3.05) is 0 Å². The second-order valence-corrected chi connectivity index (χ2v) is 8.02. The van der Waals surface area contributed by atoms with Crippen LogP contribution in [0, 0.1) is 12.7 Å². The molecule has 0 bridgehead atoms. The van der Waals surface area contributed by atoms with Crippen LogP contribution in [0.2, 0.25) is 0 Å². The summed E-state index contributed by atoms with van der Waals surface area (Å²) in [7, 11) is -3.69. The first-order chi connectivity index (χ1) is 11.5. The molecule has 0 atom stereocenters. The van der Waals surface area contributed by atoms with Gasteiger partial charge in [0.1, 0.15) is 10.8 Å². The Balaban J connectivity index is 1.77. The molecule has 24 heavy (non-hydrogen) atoms. The summed E-state index contributed by atoms with van der Waals surface area (Å²) >= 11 is 1.45. The van der Waals surface area contributed by atoms with Gasteiger partial charge < -0.3 is 0 Å². The predicted molar refractivity (Wildman–Crippen MR) is 92.7 cm³/mol. The number of aryl methyl sites for hydroxylation is 1. The van der Waals surface area contributed by atoms with Gasteiger partial charge in [-0.15, -0.1) is 11.3 Å². The van der Waals surface area contributed by atoms with Crippen molar-refractivity contribution >= 4 is 21.4 Å². The van der Waals surface area contributed by atoms with E-state index in [-0.39, 0.29) is 11.4 Å². The molecule has 0 aliphatic heterocycles. The first-order valence-electron chi connectivity index (χ1n) is 7.23. The second-order valence-electron chi connectivity index (χ2n) is 5.17. The van der Waals surface area contributed by atoms with Crippen LogP contribution < -0.4 is 4.72 Å². The predicted octanol–water partition coefficient (Wildman–Crippen LogP) is 3.74. The molecule has 0 aliphatic carbocycles. The van der Waals surface area contributed by atoms with Gasteiger partial charge in [-0.2, -0.15) is 0 Å². The van der Waals surface area contributed by atoms with E-state index in [1.54, 1.807) is 0 Å². The summed E-state index contributed by atoms with van der Waals surface area (Å²) in [6.45, 7) is 2.00. The van der Waals surface area contributed by atoms with Crippen molar-refractivity contribution in [2.45, 2.75) is 18.4 Å². The molecule has 0 radical (unpaired) electrons. The molecule has 3 rings (SSSR count). The highest BCUT2D eigenvalue weighted by Gasteiger charge is 2.16. The summed E-state index contributed by atoms with van der Waals surface area (Å²) in [5.41, 5.74) is 1.79. The fourth-order valence-corrected chi connectivity index (χ4v) is 4.25. The average Bonchev–Trinajstić information content (AvgIpc) is 2.95. The molecule has 0 aliphatic rings. The highest BCUT2D eigenvalue weighted by Crippen LogP contribution is 2.27. The molecule has 1 heterocycles. The van der Waals surface area contributed by atoms with Crippen LogP contribution in [0.25, 0.3) is 10.6 Å². The quantitative estimate of drug-likeness (QED) is 0.752. The molecular formula is C17H15FN2O2S2. The Kier molecular flexibility index (Phi) is 4.75. The Bertz CT molecular complexity index is 936. The van der Waals surface area contributed by atoms with Crippen LogP contribution in [0.5, 0.6) is 0 Å². The van der Waals surface area contributed by atoms with E-state index in [0.29, 0.717) is 0 Å². The maximum atomic E-state index is 12.9. The van der Waals surface area contributed by atoms with Gasteiger partial charge >= 0.3 is 0 Å². The van der Waals surface area contributed by atoms with Crippen molar-refractivity contribution in [3.8, 4) is 10.6 Å². The number of halogens is 1. The number of sulfonamides is 1. The van der Waals surface area contributed by atoms with Crippen LogP contribution >= 0.6 is 11.3 Å². The number of aromatic nitrogens is 1. The van der Waals surface area contributed by atoms with Gasteiger partial charge in [-0.05, 0) is 31.2 Å². The molecule has 0 fully saturated rings. The summed E-state index contributed by atoms with van der Waals surface area (Å²) in [5, 5.41) is 0.851. The molecule has 1 aromatic heterocycles. The van der Waals surface area contributed by atoms with Crippen LogP contribution in [0.4, 0.5) is 4.39 Å². The molecule has 124 valence electrons. The van der Waals surface area contributed by atoms with Gasteiger partial charge in [-0.3, -0.25) is 0 Å². The molecule has 0 spiro atoms. The van der Waals surface area contributed by atoms with Gasteiger partial charge in [-0.1, -0.05) is 30.3 Å². The highest BCUT2D eigenvalue weighted by molar-refractivity contribution is 7.89. The lowest BCUT2D eigenvalue weighted by Gasteiger charge is -2.05. The number of rotatable bonds is 5. The van der Waals surface area contributed by atoms with Crippen molar-refractivity contribution in [2.24, 2.45) is 0 Å². The molecule has 4 nitrogen and oxygen atoms in total. The van der Waals surface area contributed by atoms with E-state index < -0.39 is 15.8 Å². The van der Waals surface area contributed by atoms with Crippen LogP contribution in [0.3, 0.4) is 0 Å². The summed E-state index contributed by atoms with van der Waals surface area (Å²) in [6, 6.07) is 14.5. The van der Waals surface area contributed by atoms with Gasteiger partial charge in [0, 0.05) is 17.0 Å². The van der Waals surface area contributed by atoms with E-state index in [1.165, 1.54) is 23.5 Å². The summed E-state index contributed by atoms with van der Waals surface area (Å²) in [5.74, 6) is -0.472. The largest absolute Gasteiger partial charge is 0.241 e. The third kappa shape index (κ3) is 3.69. The molecule has 2 aromatic carbocycles. The first-order valence-corrected chi connectivity index (χ1v) is 9.52. The Hall–Kier alpha value is -2.09.